The summed E-state index contributed by atoms with van der Waals surface area (Å²) in [6.07, 6.45) is 0. The maximum Gasteiger partial charge on any atom is 0.275 e. The Labute approximate surface area is 69.6 Å². The molecule has 0 aliphatic rings. The highest BCUT2D eigenvalue weighted by Gasteiger charge is 2.11. The number of aryl methyl sites for hydroxylation is 1. The fourth-order valence-corrected chi connectivity index (χ4v) is 0.944. The Bertz CT molecular complexity index is 309. The summed E-state index contributed by atoms with van der Waals surface area (Å²) in [5.74, 6) is 0. The van der Waals surface area contributed by atoms with Crippen LogP contribution in [0, 0.1) is 23.6 Å². The van der Waals surface area contributed by atoms with Crippen molar-refractivity contribution in [3.05, 3.63) is 46.0 Å². The molecule has 0 atom stereocenters. The molecule has 0 spiro atoms. The molecule has 0 amide bonds. The number of rotatable bonds is 2. The van der Waals surface area contributed by atoms with Crippen LogP contribution in [-0.2, 0) is 0 Å². The van der Waals surface area contributed by atoms with Crippen LogP contribution in [0.2, 0.25) is 0 Å². The van der Waals surface area contributed by atoms with Crippen LogP contribution in [0.15, 0.2) is 18.2 Å². The maximum absolute atomic E-state index is 10.4. The molecule has 0 heterocycles. The zero-order valence-corrected chi connectivity index (χ0v) is 6.52. The fourth-order valence-electron chi connectivity index (χ4n) is 0.944. The van der Waals surface area contributed by atoms with Gasteiger partial charge in [0, 0.05) is 6.07 Å². The third-order valence-electron chi connectivity index (χ3n) is 1.52. The molecule has 1 aromatic rings. The van der Waals surface area contributed by atoms with Gasteiger partial charge in [-0.05, 0) is 13.0 Å². The van der Waals surface area contributed by atoms with E-state index >= 15 is 0 Å². The molecule has 0 aliphatic carbocycles. The average Bonchev–Trinajstić information content (AvgIpc) is 2.03. The smallest absolute Gasteiger partial charge is 0.275 e. The van der Waals surface area contributed by atoms with Crippen molar-refractivity contribution in [2.75, 3.05) is 0 Å². The molecular formula is C8H8NO3. The number of nitro groups is 1. The Balaban J connectivity index is 3.20. The Morgan fingerprint density at radius 1 is 1.58 bits per heavy atom. The monoisotopic (exact) mass is 166 g/mol. The van der Waals surface area contributed by atoms with Gasteiger partial charge < -0.3 is 5.11 Å². The van der Waals surface area contributed by atoms with E-state index in [0.717, 1.165) is 12.2 Å². The Morgan fingerprint density at radius 2 is 2.25 bits per heavy atom. The minimum Gasteiger partial charge on any atom is -0.385 e. The lowest BCUT2D eigenvalue weighted by atomic mass is 10.1. The molecule has 0 saturated carbocycles. The fraction of sp³-hybridized carbons (Fsp3) is 0.125. The van der Waals surface area contributed by atoms with Crippen molar-refractivity contribution < 1.29 is 10.0 Å². The van der Waals surface area contributed by atoms with E-state index in [1.165, 1.54) is 6.07 Å². The van der Waals surface area contributed by atoms with Gasteiger partial charge in [0.25, 0.3) is 5.69 Å². The number of aliphatic hydroxyl groups excluding tert-OH is 1. The highest BCUT2D eigenvalue weighted by Crippen LogP contribution is 2.19. The van der Waals surface area contributed by atoms with Crippen LogP contribution >= 0.6 is 0 Å². The third kappa shape index (κ3) is 1.60. The second-order valence-corrected chi connectivity index (χ2v) is 2.45. The van der Waals surface area contributed by atoms with E-state index in [1.54, 1.807) is 19.1 Å². The predicted molar refractivity (Wildman–Crippen MR) is 43.2 cm³/mol. The van der Waals surface area contributed by atoms with E-state index in [2.05, 4.69) is 0 Å². The number of hydrogen-bond donors (Lipinski definition) is 1. The Kier molecular flexibility index (Phi) is 2.40. The minimum absolute atomic E-state index is 0.0805. The van der Waals surface area contributed by atoms with Crippen molar-refractivity contribution in [1.82, 2.24) is 0 Å². The molecule has 4 nitrogen and oxygen atoms in total. The van der Waals surface area contributed by atoms with Gasteiger partial charge in [0.1, 0.15) is 6.61 Å². The Hall–Kier alpha value is -1.42. The zero-order chi connectivity index (χ0) is 9.14. The van der Waals surface area contributed by atoms with Crippen molar-refractivity contribution in [1.29, 1.82) is 0 Å². The van der Waals surface area contributed by atoms with Crippen LogP contribution in [-0.4, -0.2) is 10.0 Å². The van der Waals surface area contributed by atoms with E-state index in [0.29, 0.717) is 0 Å². The highest BCUT2D eigenvalue weighted by atomic mass is 16.6. The lowest BCUT2D eigenvalue weighted by Gasteiger charge is -1.98. The van der Waals surface area contributed by atoms with Gasteiger partial charge in [0.2, 0.25) is 0 Å². The van der Waals surface area contributed by atoms with Crippen LogP contribution in [0.5, 0.6) is 0 Å². The molecule has 1 rings (SSSR count). The van der Waals surface area contributed by atoms with Crippen molar-refractivity contribution >= 4 is 5.69 Å². The van der Waals surface area contributed by atoms with E-state index in [4.69, 9.17) is 5.11 Å². The van der Waals surface area contributed by atoms with E-state index in [9.17, 15) is 10.1 Å². The van der Waals surface area contributed by atoms with Gasteiger partial charge in [-0.2, -0.15) is 0 Å². The van der Waals surface area contributed by atoms with Gasteiger partial charge in [-0.15, -0.1) is 0 Å². The second kappa shape index (κ2) is 3.32. The summed E-state index contributed by atoms with van der Waals surface area (Å²) in [7, 11) is 0. The van der Waals surface area contributed by atoms with Gasteiger partial charge in [-0.3, -0.25) is 10.1 Å². The maximum atomic E-state index is 10.4. The van der Waals surface area contributed by atoms with Crippen molar-refractivity contribution in [2.45, 2.75) is 6.92 Å². The summed E-state index contributed by atoms with van der Waals surface area (Å²) >= 11 is 0. The molecule has 0 aromatic heterocycles. The summed E-state index contributed by atoms with van der Waals surface area (Å²) in [5, 5.41) is 19.0. The van der Waals surface area contributed by atoms with Crippen molar-refractivity contribution in [2.24, 2.45) is 0 Å². The second-order valence-electron chi connectivity index (χ2n) is 2.45. The molecule has 0 fully saturated rings. The number of nitrogens with zero attached hydrogens (tertiary/aromatic N) is 1. The van der Waals surface area contributed by atoms with Gasteiger partial charge >= 0.3 is 0 Å². The number of aliphatic hydroxyl groups is 1. The summed E-state index contributed by atoms with van der Waals surface area (Å²) in [6.45, 7) is 2.54. The summed E-state index contributed by atoms with van der Waals surface area (Å²) < 4.78 is 0. The number of benzene rings is 1. The predicted octanol–water partition coefficient (Wildman–Crippen LogP) is 1.79. The third-order valence-corrected chi connectivity index (χ3v) is 1.52. The largest absolute Gasteiger partial charge is 0.385 e. The molecule has 0 aliphatic heterocycles. The first-order valence-electron chi connectivity index (χ1n) is 3.37. The first-order chi connectivity index (χ1) is 5.65. The Morgan fingerprint density at radius 3 is 2.75 bits per heavy atom. The molecular weight excluding hydrogens is 158 g/mol. The molecule has 1 N–H and O–H groups in total. The highest BCUT2D eigenvalue weighted by molar-refractivity contribution is 5.45. The quantitative estimate of drug-likeness (QED) is 0.538. The number of hydrogen-bond acceptors (Lipinski definition) is 3. The van der Waals surface area contributed by atoms with Gasteiger partial charge in [-0.25, -0.2) is 0 Å². The molecule has 1 radical (unpaired) electrons. The molecule has 4 heteroatoms. The van der Waals surface area contributed by atoms with Crippen LogP contribution in [0.4, 0.5) is 5.69 Å². The summed E-state index contributed by atoms with van der Waals surface area (Å²) in [6, 6.07) is 4.56. The summed E-state index contributed by atoms with van der Waals surface area (Å²) in [5.41, 5.74) is 1.03. The topological polar surface area (TPSA) is 63.4 Å². The normalized spacial score (nSPS) is 9.83. The molecule has 1 aromatic carbocycles. The van der Waals surface area contributed by atoms with Gasteiger partial charge in [0.15, 0.2) is 0 Å². The van der Waals surface area contributed by atoms with E-state index in [1.807, 2.05) is 0 Å². The van der Waals surface area contributed by atoms with Crippen LogP contribution in [0.25, 0.3) is 0 Å². The average molecular weight is 166 g/mol. The van der Waals surface area contributed by atoms with Crippen molar-refractivity contribution in [3.8, 4) is 0 Å². The van der Waals surface area contributed by atoms with E-state index < -0.39 is 4.92 Å². The van der Waals surface area contributed by atoms with E-state index in [-0.39, 0.29) is 11.3 Å². The first-order valence-corrected chi connectivity index (χ1v) is 3.37. The van der Waals surface area contributed by atoms with Crippen molar-refractivity contribution in [3.63, 3.8) is 0 Å². The molecule has 12 heavy (non-hydrogen) atoms. The lowest BCUT2D eigenvalue weighted by molar-refractivity contribution is -0.385. The first kappa shape index (κ1) is 8.67. The van der Waals surface area contributed by atoms with Crippen LogP contribution in [0.3, 0.4) is 0 Å². The molecule has 0 bridgehead atoms. The standard InChI is InChI=1S/C8H8NO3/c1-6-2-3-8(9(11)12)7(4-6)5-10/h2-5,10H,1H3. The molecule has 0 saturated heterocycles. The van der Waals surface area contributed by atoms with Crippen LogP contribution in [0.1, 0.15) is 11.1 Å². The summed E-state index contributed by atoms with van der Waals surface area (Å²) in [4.78, 5) is 9.84. The van der Waals surface area contributed by atoms with Crippen LogP contribution < -0.4 is 0 Å². The molecule has 63 valence electrons. The zero-order valence-electron chi connectivity index (χ0n) is 6.52. The number of nitro benzene ring substituents is 1. The van der Waals surface area contributed by atoms with Gasteiger partial charge in [-0.1, -0.05) is 11.6 Å². The minimum atomic E-state index is -0.526. The lowest BCUT2D eigenvalue weighted by Crippen LogP contribution is -1.94. The SMILES string of the molecule is Cc1ccc([N+](=O)[O-])c([CH]O)c1. The van der Waals surface area contributed by atoms with Gasteiger partial charge in [0.05, 0.1) is 10.5 Å². The molecule has 0 unspecified atom stereocenters.